The highest BCUT2D eigenvalue weighted by atomic mass is 19.1. The van der Waals surface area contributed by atoms with Crippen molar-refractivity contribution in [2.45, 2.75) is 6.92 Å². The summed E-state index contributed by atoms with van der Waals surface area (Å²) in [5.41, 5.74) is 1.39. The van der Waals surface area contributed by atoms with Gasteiger partial charge in [-0.3, -0.25) is 4.79 Å². The van der Waals surface area contributed by atoms with Gasteiger partial charge in [-0.2, -0.15) is 4.39 Å². The van der Waals surface area contributed by atoms with Crippen molar-refractivity contribution in [3.63, 3.8) is 0 Å². The number of hydrogen-bond donors (Lipinski definition) is 0. The molecule has 0 N–H and O–H groups in total. The van der Waals surface area contributed by atoms with Crippen molar-refractivity contribution in [1.82, 2.24) is 9.88 Å². The van der Waals surface area contributed by atoms with E-state index in [1.165, 1.54) is 17.2 Å². The van der Waals surface area contributed by atoms with Gasteiger partial charge in [0.1, 0.15) is 12.4 Å². The molecule has 2 aromatic rings. The van der Waals surface area contributed by atoms with E-state index in [1.807, 2.05) is 31.2 Å². The molecule has 5 heteroatoms. The number of ether oxygens (including phenoxy) is 1. The average molecular weight is 288 g/mol. The van der Waals surface area contributed by atoms with Crippen LogP contribution in [0.25, 0.3) is 0 Å². The number of aromatic nitrogens is 1. The highest BCUT2D eigenvalue weighted by Gasteiger charge is 2.12. The number of carbonyl (C=O) groups excluding carboxylic acids is 1. The second kappa shape index (κ2) is 6.83. The quantitative estimate of drug-likeness (QED) is 0.794. The highest BCUT2D eigenvalue weighted by molar-refractivity contribution is 5.93. The number of aryl methyl sites for hydroxylation is 1. The Balaban J connectivity index is 1.87. The molecule has 4 nitrogen and oxygen atoms in total. The Kier molecular flexibility index (Phi) is 4.87. The van der Waals surface area contributed by atoms with Crippen LogP contribution in [0.3, 0.4) is 0 Å². The maximum Gasteiger partial charge on any atom is 0.253 e. The summed E-state index contributed by atoms with van der Waals surface area (Å²) in [6, 6.07) is 10.3. The monoisotopic (exact) mass is 288 g/mol. The van der Waals surface area contributed by atoms with Gasteiger partial charge in [0.15, 0.2) is 0 Å². The summed E-state index contributed by atoms with van der Waals surface area (Å²) in [5.74, 6) is -0.153. The Morgan fingerprint density at radius 2 is 2.14 bits per heavy atom. The van der Waals surface area contributed by atoms with E-state index in [9.17, 15) is 9.18 Å². The summed E-state index contributed by atoms with van der Waals surface area (Å²) < 4.78 is 18.6. The van der Waals surface area contributed by atoms with Gasteiger partial charge in [-0.05, 0) is 30.7 Å². The molecule has 0 bridgehead atoms. The van der Waals surface area contributed by atoms with Crippen molar-refractivity contribution in [2.75, 3.05) is 20.2 Å². The lowest BCUT2D eigenvalue weighted by molar-refractivity contribution is 0.0773. The van der Waals surface area contributed by atoms with Gasteiger partial charge in [-0.1, -0.05) is 12.1 Å². The van der Waals surface area contributed by atoms with Gasteiger partial charge in [-0.25, -0.2) is 4.98 Å². The van der Waals surface area contributed by atoms with Crippen molar-refractivity contribution in [1.29, 1.82) is 0 Å². The van der Waals surface area contributed by atoms with E-state index in [4.69, 9.17) is 4.74 Å². The molecule has 1 amide bonds. The van der Waals surface area contributed by atoms with Gasteiger partial charge < -0.3 is 9.64 Å². The molecule has 0 spiro atoms. The smallest absolute Gasteiger partial charge is 0.253 e. The van der Waals surface area contributed by atoms with Gasteiger partial charge in [0.05, 0.1) is 6.54 Å². The molecule has 0 unspecified atom stereocenters. The fourth-order valence-electron chi connectivity index (χ4n) is 1.86. The zero-order valence-electron chi connectivity index (χ0n) is 12.0. The van der Waals surface area contributed by atoms with Crippen molar-refractivity contribution in [2.24, 2.45) is 0 Å². The van der Waals surface area contributed by atoms with Crippen LogP contribution in [-0.4, -0.2) is 36.0 Å². The van der Waals surface area contributed by atoms with Crippen LogP contribution >= 0.6 is 0 Å². The molecule has 1 heterocycles. The zero-order valence-corrected chi connectivity index (χ0v) is 12.0. The molecule has 0 atom stereocenters. The molecule has 21 heavy (non-hydrogen) atoms. The zero-order chi connectivity index (χ0) is 15.2. The van der Waals surface area contributed by atoms with E-state index in [-0.39, 0.29) is 11.5 Å². The fraction of sp³-hybridized carbons (Fsp3) is 0.250. The molecule has 0 fully saturated rings. The molecule has 0 aliphatic rings. The molecular formula is C16H17FN2O2. The number of benzene rings is 1. The van der Waals surface area contributed by atoms with Crippen LogP contribution in [0.15, 0.2) is 42.6 Å². The minimum absolute atomic E-state index is 0.260. The molecule has 2 rings (SSSR count). The molecule has 0 aliphatic carbocycles. The van der Waals surface area contributed by atoms with Crippen molar-refractivity contribution >= 4 is 5.91 Å². The maximum atomic E-state index is 13.0. The summed E-state index contributed by atoms with van der Waals surface area (Å²) in [6.45, 7) is 2.77. The Labute approximate surface area is 123 Å². The number of halogens is 1. The topological polar surface area (TPSA) is 42.4 Å². The molecule has 1 aromatic heterocycles. The second-order valence-corrected chi connectivity index (χ2v) is 4.76. The minimum Gasteiger partial charge on any atom is -0.492 e. The second-order valence-electron chi connectivity index (χ2n) is 4.76. The van der Waals surface area contributed by atoms with Crippen LogP contribution in [0.4, 0.5) is 4.39 Å². The summed E-state index contributed by atoms with van der Waals surface area (Å²) in [7, 11) is 1.65. The van der Waals surface area contributed by atoms with Gasteiger partial charge >= 0.3 is 0 Å². The predicted molar refractivity (Wildman–Crippen MR) is 77.8 cm³/mol. The summed E-state index contributed by atoms with van der Waals surface area (Å²) in [4.78, 5) is 17.0. The van der Waals surface area contributed by atoms with Crippen LogP contribution in [-0.2, 0) is 0 Å². The van der Waals surface area contributed by atoms with E-state index in [2.05, 4.69) is 4.98 Å². The summed E-state index contributed by atoms with van der Waals surface area (Å²) >= 11 is 0. The third kappa shape index (κ3) is 4.27. The van der Waals surface area contributed by atoms with Gasteiger partial charge in [0.25, 0.3) is 5.91 Å². The van der Waals surface area contributed by atoms with Crippen LogP contribution in [0.2, 0.25) is 0 Å². The number of rotatable bonds is 5. The predicted octanol–water partition coefficient (Wildman–Crippen LogP) is 2.68. The van der Waals surface area contributed by atoms with E-state index < -0.39 is 5.95 Å². The van der Waals surface area contributed by atoms with Gasteiger partial charge in [0, 0.05) is 24.9 Å². The van der Waals surface area contributed by atoms with Crippen LogP contribution in [0, 0.1) is 12.9 Å². The normalized spacial score (nSPS) is 10.2. The van der Waals surface area contributed by atoms with Crippen LogP contribution in [0.1, 0.15) is 15.9 Å². The number of carbonyl (C=O) groups is 1. The average Bonchev–Trinajstić information content (AvgIpc) is 2.46. The first-order valence-corrected chi connectivity index (χ1v) is 6.63. The highest BCUT2D eigenvalue weighted by Crippen LogP contribution is 2.12. The van der Waals surface area contributed by atoms with Gasteiger partial charge in [-0.15, -0.1) is 0 Å². The number of likely N-dealkylation sites (N-methyl/N-ethyl adjacent to an activating group) is 1. The van der Waals surface area contributed by atoms with Crippen molar-refractivity contribution < 1.29 is 13.9 Å². The summed E-state index contributed by atoms with van der Waals surface area (Å²) in [5, 5.41) is 0. The Morgan fingerprint density at radius 1 is 1.33 bits per heavy atom. The number of hydrogen-bond acceptors (Lipinski definition) is 3. The fourth-order valence-corrected chi connectivity index (χ4v) is 1.86. The standard InChI is InChI=1S/C16H17FN2O2/c1-12-4-3-5-14(10-12)21-9-8-19(2)16(20)13-6-7-18-15(17)11-13/h3-7,10-11H,8-9H2,1-2H3. The van der Waals surface area contributed by atoms with Crippen LogP contribution < -0.4 is 4.74 Å². The van der Waals surface area contributed by atoms with E-state index in [0.29, 0.717) is 13.2 Å². The Morgan fingerprint density at radius 3 is 2.86 bits per heavy atom. The molecule has 0 saturated carbocycles. The van der Waals surface area contributed by atoms with E-state index in [1.54, 1.807) is 7.05 Å². The Hall–Kier alpha value is -2.43. The molecule has 0 radical (unpaired) electrons. The first-order chi connectivity index (χ1) is 10.1. The largest absolute Gasteiger partial charge is 0.492 e. The lowest BCUT2D eigenvalue weighted by Crippen LogP contribution is -2.31. The SMILES string of the molecule is Cc1cccc(OCCN(C)C(=O)c2ccnc(F)c2)c1. The third-order valence-corrected chi connectivity index (χ3v) is 3.01. The lowest BCUT2D eigenvalue weighted by Gasteiger charge is -2.17. The summed E-state index contributed by atoms with van der Waals surface area (Å²) in [6.07, 6.45) is 1.28. The molecular weight excluding hydrogens is 271 g/mol. The van der Waals surface area contributed by atoms with Crippen molar-refractivity contribution in [3.05, 3.63) is 59.7 Å². The lowest BCUT2D eigenvalue weighted by atomic mass is 10.2. The maximum absolute atomic E-state index is 13.0. The van der Waals surface area contributed by atoms with Gasteiger partial charge in [0.2, 0.25) is 5.95 Å². The number of pyridine rings is 1. The minimum atomic E-state index is -0.662. The Bertz CT molecular complexity index is 631. The molecule has 110 valence electrons. The molecule has 0 aliphatic heterocycles. The number of amides is 1. The van der Waals surface area contributed by atoms with E-state index in [0.717, 1.165) is 17.4 Å². The van der Waals surface area contributed by atoms with Crippen molar-refractivity contribution in [3.8, 4) is 5.75 Å². The first kappa shape index (κ1) is 15.0. The third-order valence-electron chi connectivity index (χ3n) is 3.01. The van der Waals surface area contributed by atoms with Crippen LogP contribution in [0.5, 0.6) is 5.75 Å². The molecule has 1 aromatic carbocycles. The first-order valence-electron chi connectivity index (χ1n) is 6.63. The number of nitrogens with zero attached hydrogens (tertiary/aromatic N) is 2. The van der Waals surface area contributed by atoms with E-state index >= 15 is 0 Å². The molecule has 0 saturated heterocycles.